The molecule has 120 valence electrons. The van der Waals surface area contributed by atoms with Gasteiger partial charge in [0, 0.05) is 47.3 Å². The zero-order valence-corrected chi connectivity index (χ0v) is 13.2. The van der Waals surface area contributed by atoms with Crippen LogP contribution in [-0.4, -0.2) is 39.3 Å². The van der Waals surface area contributed by atoms with Crippen molar-refractivity contribution in [1.82, 2.24) is 9.88 Å². The molecule has 4 nitrogen and oxygen atoms in total. The fraction of sp³-hybridized carbons (Fsp3) is 0.474. The van der Waals surface area contributed by atoms with E-state index < -0.39 is 6.10 Å². The average Bonchev–Trinajstić information content (AvgIpc) is 2.98. The van der Waals surface area contributed by atoms with Gasteiger partial charge in [-0.15, -0.1) is 0 Å². The first kappa shape index (κ1) is 13.8. The molecule has 3 N–H and O–H groups in total. The van der Waals surface area contributed by atoms with E-state index >= 15 is 0 Å². The highest BCUT2D eigenvalue weighted by Gasteiger charge is 2.55. The zero-order valence-electron chi connectivity index (χ0n) is 13.2. The summed E-state index contributed by atoms with van der Waals surface area (Å²) in [7, 11) is 0. The van der Waals surface area contributed by atoms with Gasteiger partial charge in [-0.25, -0.2) is 0 Å². The van der Waals surface area contributed by atoms with E-state index in [0.29, 0.717) is 12.0 Å². The van der Waals surface area contributed by atoms with Gasteiger partial charge >= 0.3 is 0 Å². The lowest BCUT2D eigenvalue weighted by Crippen LogP contribution is -2.62. The first-order chi connectivity index (χ1) is 11.2. The third kappa shape index (κ3) is 1.61. The highest BCUT2D eigenvalue weighted by atomic mass is 16.3. The smallest absolute Gasteiger partial charge is 0.0973 e. The molecule has 0 radical (unpaired) electrons. The van der Waals surface area contributed by atoms with E-state index in [9.17, 15) is 10.2 Å². The maximum Gasteiger partial charge on any atom is 0.0973 e. The van der Waals surface area contributed by atoms with Crippen LogP contribution in [0.2, 0.25) is 0 Å². The number of hydrogen-bond acceptors (Lipinski definition) is 3. The SMILES string of the molecule is C/C=C1/CN2C3CC1C(CO)C2[C@H](O)c1c3[nH]c2ccccc12. The van der Waals surface area contributed by atoms with Crippen LogP contribution in [0.3, 0.4) is 0 Å². The first-order valence-electron chi connectivity index (χ1n) is 8.54. The van der Waals surface area contributed by atoms with Gasteiger partial charge in [-0.1, -0.05) is 29.8 Å². The van der Waals surface area contributed by atoms with Crippen LogP contribution < -0.4 is 0 Å². The Morgan fingerprint density at radius 1 is 1.35 bits per heavy atom. The standard InChI is InChI=1S/C19H22N2O2/c1-2-10-8-21-15-7-12(10)13(9-22)18(21)19(23)16-11-5-3-4-6-14(11)20-17(15)16/h2-6,12-13,15,18-20,22-23H,7-9H2,1H3/b10-2-/t12?,13?,15?,18?,19-/m1/s1. The molecule has 23 heavy (non-hydrogen) atoms. The molecule has 5 heterocycles. The molecule has 6 rings (SSSR count). The number of nitrogens with zero attached hydrogens (tertiary/aromatic N) is 1. The van der Waals surface area contributed by atoms with Crippen LogP contribution in [0.1, 0.15) is 36.7 Å². The number of nitrogens with one attached hydrogen (secondary N) is 1. The Morgan fingerprint density at radius 3 is 2.96 bits per heavy atom. The molecule has 3 saturated heterocycles. The number of aromatic nitrogens is 1. The number of benzene rings is 1. The minimum Gasteiger partial charge on any atom is -0.396 e. The number of fused-ring (bicyclic) bond motifs is 4. The Labute approximate surface area is 135 Å². The molecular weight excluding hydrogens is 288 g/mol. The second kappa shape index (κ2) is 4.69. The van der Waals surface area contributed by atoms with Crippen LogP contribution in [0, 0.1) is 11.8 Å². The summed E-state index contributed by atoms with van der Waals surface area (Å²) < 4.78 is 0. The van der Waals surface area contributed by atoms with E-state index in [4.69, 9.17) is 0 Å². The maximum absolute atomic E-state index is 11.2. The molecule has 0 saturated carbocycles. The summed E-state index contributed by atoms with van der Waals surface area (Å²) in [5.74, 6) is 0.516. The third-order valence-corrected chi connectivity index (χ3v) is 6.37. The van der Waals surface area contributed by atoms with Gasteiger partial charge in [-0.3, -0.25) is 4.90 Å². The Balaban J connectivity index is 1.73. The van der Waals surface area contributed by atoms with Crippen molar-refractivity contribution in [2.45, 2.75) is 31.5 Å². The molecular formula is C19H22N2O2. The van der Waals surface area contributed by atoms with Gasteiger partial charge in [0.2, 0.25) is 0 Å². The highest BCUT2D eigenvalue weighted by molar-refractivity contribution is 5.85. The number of hydrogen-bond donors (Lipinski definition) is 3. The second-order valence-electron chi connectivity index (χ2n) is 7.17. The van der Waals surface area contributed by atoms with Crippen molar-refractivity contribution in [3.63, 3.8) is 0 Å². The molecule has 4 aliphatic heterocycles. The van der Waals surface area contributed by atoms with Gasteiger partial charge in [-0.2, -0.15) is 0 Å². The molecule has 0 spiro atoms. The van der Waals surface area contributed by atoms with Gasteiger partial charge < -0.3 is 15.2 Å². The van der Waals surface area contributed by atoms with E-state index in [0.717, 1.165) is 29.4 Å². The van der Waals surface area contributed by atoms with Gasteiger partial charge in [-0.05, 0) is 25.3 Å². The summed E-state index contributed by atoms with van der Waals surface area (Å²) in [6.45, 7) is 3.15. The van der Waals surface area contributed by atoms with Crippen LogP contribution >= 0.6 is 0 Å². The van der Waals surface area contributed by atoms with Crippen molar-refractivity contribution in [2.75, 3.05) is 13.2 Å². The van der Waals surface area contributed by atoms with Crippen molar-refractivity contribution in [1.29, 1.82) is 0 Å². The predicted octanol–water partition coefficient (Wildman–Crippen LogP) is 2.51. The van der Waals surface area contributed by atoms with Crippen molar-refractivity contribution < 1.29 is 10.2 Å². The number of allylic oxidation sites excluding steroid dienone is 1. The first-order valence-corrected chi connectivity index (χ1v) is 8.54. The van der Waals surface area contributed by atoms with Crippen LogP contribution in [0.25, 0.3) is 10.9 Å². The van der Waals surface area contributed by atoms with E-state index in [1.54, 1.807) is 0 Å². The Morgan fingerprint density at radius 2 is 2.17 bits per heavy atom. The van der Waals surface area contributed by atoms with Crippen molar-refractivity contribution in [3.05, 3.63) is 47.2 Å². The fourth-order valence-corrected chi connectivity index (χ4v) is 5.39. The summed E-state index contributed by atoms with van der Waals surface area (Å²) in [5, 5.41) is 22.3. The number of H-pyrrole nitrogens is 1. The molecule has 1 aromatic heterocycles. The minimum atomic E-state index is -0.532. The predicted molar refractivity (Wildman–Crippen MR) is 88.9 cm³/mol. The van der Waals surface area contributed by atoms with Gasteiger partial charge in [0.1, 0.15) is 0 Å². The average molecular weight is 310 g/mol. The van der Waals surface area contributed by atoms with E-state index in [-0.39, 0.29) is 18.6 Å². The minimum absolute atomic E-state index is 0.0270. The monoisotopic (exact) mass is 310 g/mol. The molecule has 4 aliphatic rings. The number of piperidine rings is 3. The topological polar surface area (TPSA) is 59.5 Å². The quantitative estimate of drug-likeness (QED) is 0.709. The van der Waals surface area contributed by atoms with Gasteiger partial charge in [0.15, 0.2) is 0 Å². The molecule has 2 aromatic rings. The van der Waals surface area contributed by atoms with E-state index in [2.05, 4.69) is 35.0 Å². The lowest BCUT2D eigenvalue weighted by atomic mass is 9.63. The molecule has 5 unspecified atom stereocenters. The fourth-order valence-electron chi connectivity index (χ4n) is 5.39. The number of aliphatic hydroxyl groups excluding tert-OH is 2. The third-order valence-electron chi connectivity index (χ3n) is 6.37. The highest BCUT2D eigenvalue weighted by Crippen LogP contribution is 2.56. The molecule has 4 bridgehead atoms. The molecule has 4 heteroatoms. The largest absolute Gasteiger partial charge is 0.396 e. The Hall–Kier alpha value is -1.62. The van der Waals surface area contributed by atoms with E-state index in [1.807, 2.05) is 12.1 Å². The summed E-state index contributed by atoms with van der Waals surface area (Å²) >= 11 is 0. The summed E-state index contributed by atoms with van der Waals surface area (Å²) in [5.41, 5.74) is 4.77. The normalized spacial score (nSPS) is 39.9. The summed E-state index contributed by atoms with van der Waals surface area (Å²) in [6.07, 6.45) is 2.71. The molecule has 3 fully saturated rings. The second-order valence-corrected chi connectivity index (χ2v) is 7.17. The summed E-state index contributed by atoms with van der Waals surface area (Å²) in [4.78, 5) is 5.98. The molecule has 1 aromatic carbocycles. The van der Waals surface area contributed by atoms with Gasteiger partial charge in [0.25, 0.3) is 0 Å². The summed E-state index contributed by atoms with van der Waals surface area (Å²) in [6, 6.07) is 8.60. The van der Waals surface area contributed by atoms with E-state index in [1.165, 1.54) is 11.3 Å². The Kier molecular flexibility index (Phi) is 2.81. The molecule has 6 atom stereocenters. The molecule has 0 aliphatic carbocycles. The number of rotatable bonds is 1. The number of para-hydroxylation sites is 1. The van der Waals surface area contributed by atoms with Gasteiger partial charge in [0.05, 0.1) is 12.1 Å². The van der Waals surface area contributed by atoms with Crippen molar-refractivity contribution in [2.24, 2.45) is 11.8 Å². The number of aliphatic hydroxyl groups is 2. The van der Waals surface area contributed by atoms with Crippen LogP contribution in [-0.2, 0) is 0 Å². The molecule has 0 amide bonds. The number of aromatic amines is 1. The van der Waals surface area contributed by atoms with Crippen LogP contribution in [0.5, 0.6) is 0 Å². The van der Waals surface area contributed by atoms with Crippen molar-refractivity contribution in [3.8, 4) is 0 Å². The van der Waals surface area contributed by atoms with Crippen LogP contribution in [0.4, 0.5) is 0 Å². The lowest BCUT2D eigenvalue weighted by molar-refractivity contribution is -0.107. The van der Waals surface area contributed by atoms with Crippen LogP contribution in [0.15, 0.2) is 35.9 Å². The maximum atomic E-state index is 11.2. The lowest BCUT2D eigenvalue weighted by Gasteiger charge is -2.59. The Bertz CT molecular complexity index is 809. The van der Waals surface area contributed by atoms with Crippen molar-refractivity contribution >= 4 is 10.9 Å². The zero-order chi connectivity index (χ0) is 15.7.